The van der Waals surface area contributed by atoms with Crippen LogP contribution in [0, 0.1) is 13.8 Å². The first-order valence-corrected chi connectivity index (χ1v) is 8.10. The summed E-state index contributed by atoms with van der Waals surface area (Å²) in [5.74, 6) is 0.778. The Bertz CT molecular complexity index is 719. The predicted molar refractivity (Wildman–Crippen MR) is 90.7 cm³/mol. The van der Waals surface area contributed by atoms with Crippen molar-refractivity contribution < 1.29 is 4.74 Å². The van der Waals surface area contributed by atoms with E-state index in [0.29, 0.717) is 5.56 Å². The standard InChI is InChI=1S/C18H23N3O2/c1-14-17(16-6-4-3-5-7-16)18(22)19-15(2)21(14)9-8-20-10-12-23-13-11-20/h3-7H,8-13H2,1-2H3. The molecule has 1 aromatic carbocycles. The average Bonchev–Trinajstić information content (AvgIpc) is 2.56. The largest absolute Gasteiger partial charge is 0.379 e. The number of aromatic nitrogens is 2. The van der Waals surface area contributed by atoms with Crippen molar-refractivity contribution in [1.82, 2.24) is 14.5 Å². The van der Waals surface area contributed by atoms with E-state index < -0.39 is 0 Å². The SMILES string of the molecule is Cc1nc(=O)c(-c2ccccc2)c(C)n1CCN1CCOCC1. The highest BCUT2D eigenvalue weighted by atomic mass is 16.5. The molecule has 5 heteroatoms. The highest BCUT2D eigenvalue weighted by molar-refractivity contribution is 5.64. The molecule has 0 unspecified atom stereocenters. The van der Waals surface area contributed by atoms with Crippen molar-refractivity contribution in [2.75, 3.05) is 32.8 Å². The fourth-order valence-electron chi connectivity index (χ4n) is 3.13. The van der Waals surface area contributed by atoms with Crippen molar-refractivity contribution in [3.63, 3.8) is 0 Å². The summed E-state index contributed by atoms with van der Waals surface area (Å²) in [4.78, 5) is 19.0. The van der Waals surface area contributed by atoms with E-state index in [1.54, 1.807) is 0 Å². The van der Waals surface area contributed by atoms with E-state index in [-0.39, 0.29) is 5.56 Å². The summed E-state index contributed by atoms with van der Waals surface area (Å²) >= 11 is 0. The summed E-state index contributed by atoms with van der Waals surface area (Å²) in [6.45, 7) is 9.24. The summed E-state index contributed by atoms with van der Waals surface area (Å²) in [5, 5.41) is 0. The minimum Gasteiger partial charge on any atom is -0.379 e. The van der Waals surface area contributed by atoms with E-state index in [9.17, 15) is 4.79 Å². The van der Waals surface area contributed by atoms with Gasteiger partial charge in [-0.1, -0.05) is 30.3 Å². The molecule has 0 spiro atoms. The van der Waals surface area contributed by atoms with Gasteiger partial charge in [-0.3, -0.25) is 9.69 Å². The third kappa shape index (κ3) is 3.51. The number of rotatable bonds is 4. The van der Waals surface area contributed by atoms with E-state index in [2.05, 4.69) is 14.5 Å². The van der Waals surface area contributed by atoms with E-state index in [0.717, 1.165) is 56.5 Å². The van der Waals surface area contributed by atoms with Crippen molar-refractivity contribution in [2.24, 2.45) is 0 Å². The molecular formula is C18H23N3O2. The van der Waals surface area contributed by atoms with Crippen LogP contribution in [0.15, 0.2) is 35.1 Å². The van der Waals surface area contributed by atoms with Crippen LogP contribution in [0.1, 0.15) is 11.5 Å². The Hall–Kier alpha value is -1.98. The Morgan fingerprint density at radius 3 is 2.48 bits per heavy atom. The van der Waals surface area contributed by atoms with Gasteiger partial charge in [-0.15, -0.1) is 0 Å². The molecule has 1 aliphatic rings. The third-order valence-corrected chi connectivity index (χ3v) is 4.44. The number of ether oxygens (including phenoxy) is 1. The van der Waals surface area contributed by atoms with E-state index >= 15 is 0 Å². The molecule has 2 heterocycles. The number of nitrogens with zero attached hydrogens (tertiary/aromatic N) is 3. The maximum absolute atomic E-state index is 12.4. The zero-order chi connectivity index (χ0) is 16.2. The van der Waals surface area contributed by atoms with Crippen LogP contribution in [-0.4, -0.2) is 47.3 Å². The number of hydrogen-bond acceptors (Lipinski definition) is 4. The molecule has 0 atom stereocenters. The lowest BCUT2D eigenvalue weighted by molar-refractivity contribution is 0.0362. The van der Waals surface area contributed by atoms with Crippen molar-refractivity contribution >= 4 is 0 Å². The minimum atomic E-state index is -0.145. The van der Waals surface area contributed by atoms with Crippen molar-refractivity contribution in [1.29, 1.82) is 0 Å². The predicted octanol–water partition coefficient (Wildman–Crippen LogP) is 1.86. The summed E-state index contributed by atoms with van der Waals surface area (Å²) < 4.78 is 7.54. The molecule has 1 aromatic heterocycles. The van der Waals surface area contributed by atoms with Crippen LogP contribution >= 0.6 is 0 Å². The maximum atomic E-state index is 12.4. The monoisotopic (exact) mass is 313 g/mol. The number of benzene rings is 1. The summed E-state index contributed by atoms with van der Waals surface area (Å²) in [7, 11) is 0. The second-order valence-electron chi connectivity index (χ2n) is 5.90. The molecule has 1 aliphatic heterocycles. The van der Waals surface area contributed by atoms with Crippen molar-refractivity contribution in [2.45, 2.75) is 20.4 Å². The molecule has 23 heavy (non-hydrogen) atoms. The van der Waals surface area contributed by atoms with Crippen LogP contribution < -0.4 is 5.56 Å². The van der Waals surface area contributed by atoms with Gasteiger partial charge in [0.2, 0.25) is 0 Å². The molecule has 0 saturated carbocycles. The van der Waals surface area contributed by atoms with Crippen LogP contribution in [0.4, 0.5) is 0 Å². The second kappa shape index (κ2) is 7.06. The van der Waals surface area contributed by atoms with Gasteiger partial charge in [0.15, 0.2) is 0 Å². The fraction of sp³-hybridized carbons (Fsp3) is 0.444. The summed E-state index contributed by atoms with van der Waals surface area (Å²) in [6.07, 6.45) is 0. The van der Waals surface area contributed by atoms with Crippen molar-refractivity contribution in [3.05, 3.63) is 52.2 Å². The molecule has 122 valence electrons. The second-order valence-corrected chi connectivity index (χ2v) is 5.90. The zero-order valence-corrected chi connectivity index (χ0v) is 13.8. The number of aryl methyl sites for hydroxylation is 1. The lowest BCUT2D eigenvalue weighted by atomic mass is 10.1. The molecule has 0 amide bonds. The molecule has 0 N–H and O–H groups in total. The lowest BCUT2D eigenvalue weighted by Crippen LogP contribution is -2.38. The Morgan fingerprint density at radius 2 is 1.78 bits per heavy atom. The fourth-order valence-corrected chi connectivity index (χ4v) is 3.13. The van der Waals surface area contributed by atoms with Gasteiger partial charge < -0.3 is 9.30 Å². The average molecular weight is 313 g/mol. The molecule has 0 aliphatic carbocycles. The van der Waals surface area contributed by atoms with E-state index in [1.807, 2.05) is 44.2 Å². The van der Waals surface area contributed by atoms with E-state index in [1.165, 1.54) is 0 Å². The molecule has 2 aromatic rings. The number of morpholine rings is 1. The molecule has 0 bridgehead atoms. The van der Waals surface area contributed by atoms with Gasteiger partial charge in [-0.05, 0) is 19.4 Å². The van der Waals surface area contributed by atoms with Crippen LogP contribution in [0.2, 0.25) is 0 Å². The van der Waals surface area contributed by atoms with Crippen LogP contribution in [0.25, 0.3) is 11.1 Å². The topological polar surface area (TPSA) is 47.4 Å². The Morgan fingerprint density at radius 1 is 1.09 bits per heavy atom. The highest BCUT2D eigenvalue weighted by Gasteiger charge is 2.15. The quantitative estimate of drug-likeness (QED) is 0.864. The van der Waals surface area contributed by atoms with Crippen LogP contribution in [0.5, 0.6) is 0 Å². The van der Waals surface area contributed by atoms with Gasteiger partial charge in [0, 0.05) is 31.9 Å². The molecule has 5 nitrogen and oxygen atoms in total. The third-order valence-electron chi connectivity index (χ3n) is 4.44. The minimum absolute atomic E-state index is 0.145. The van der Waals surface area contributed by atoms with Gasteiger partial charge in [0.1, 0.15) is 5.82 Å². The lowest BCUT2D eigenvalue weighted by Gasteiger charge is -2.27. The van der Waals surface area contributed by atoms with Crippen LogP contribution in [0.3, 0.4) is 0 Å². The first-order valence-electron chi connectivity index (χ1n) is 8.10. The zero-order valence-electron chi connectivity index (χ0n) is 13.8. The maximum Gasteiger partial charge on any atom is 0.281 e. The van der Waals surface area contributed by atoms with Gasteiger partial charge in [0.25, 0.3) is 5.56 Å². The first-order chi connectivity index (χ1) is 11.2. The smallest absolute Gasteiger partial charge is 0.281 e. The van der Waals surface area contributed by atoms with Crippen molar-refractivity contribution in [3.8, 4) is 11.1 Å². The molecule has 0 radical (unpaired) electrons. The Balaban J connectivity index is 1.89. The number of hydrogen-bond donors (Lipinski definition) is 0. The highest BCUT2D eigenvalue weighted by Crippen LogP contribution is 2.19. The van der Waals surface area contributed by atoms with Crippen LogP contribution in [-0.2, 0) is 11.3 Å². The summed E-state index contributed by atoms with van der Waals surface area (Å²) in [6, 6.07) is 9.79. The molecule has 1 fully saturated rings. The first kappa shape index (κ1) is 15.9. The summed E-state index contributed by atoms with van der Waals surface area (Å²) in [5.41, 5.74) is 2.48. The molecular weight excluding hydrogens is 290 g/mol. The van der Waals surface area contributed by atoms with Gasteiger partial charge in [0.05, 0.1) is 18.8 Å². The van der Waals surface area contributed by atoms with E-state index in [4.69, 9.17) is 4.74 Å². The van der Waals surface area contributed by atoms with Gasteiger partial charge in [-0.2, -0.15) is 4.98 Å². The normalized spacial score (nSPS) is 15.7. The molecule has 1 saturated heterocycles. The Kier molecular flexibility index (Phi) is 4.88. The van der Waals surface area contributed by atoms with Gasteiger partial charge in [-0.25, -0.2) is 0 Å². The molecule has 3 rings (SSSR count). The van der Waals surface area contributed by atoms with Gasteiger partial charge >= 0.3 is 0 Å². The Labute approximate surface area is 136 Å².